The number of aromatic nitrogens is 1. The van der Waals surface area contributed by atoms with Gasteiger partial charge in [0.1, 0.15) is 5.69 Å². The van der Waals surface area contributed by atoms with E-state index in [4.69, 9.17) is 5.11 Å². The van der Waals surface area contributed by atoms with Crippen LogP contribution in [-0.4, -0.2) is 40.6 Å². The van der Waals surface area contributed by atoms with Crippen LogP contribution in [0.3, 0.4) is 0 Å². The van der Waals surface area contributed by atoms with Crippen molar-refractivity contribution in [3.8, 4) is 0 Å². The van der Waals surface area contributed by atoms with Gasteiger partial charge in [0.2, 0.25) is 5.95 Å². The van der Waals surface area contributed by atoms with Gasteiger partial charge in [0.05, 0.1) is 0 Å². The Kier molecular flexibility index (Phi) is 4.85. The molecule has 1 N–H and O–H groups in total. The molecule has 5 heteroatoms. The van der Waals surface area contributed by atoms with Crippen molar-refractivity contribution < 1.29 is 14.3 Å². The monoisotopic (exact) mass is 226 g/mol. The highest BCUT2D eigenvalue weighted by Gasteiger charge is 2.15. The second kappa shape index (κ2) is 6.17. The molecule has 0 aromatic carbocycles. The van der Waals surface area contributed by atoms with Crippen LogP contribution in [0.4, 0.5) is 4.39 Å². The molecule has 1 amide bonds. The lowest BCUT2D eigenvalue weighted by Crippen LogP contribution is -2.32. The molecule has 0 fully saturated rings. The van der Waals surface area contributed by atoms with Gasteiger partial charge >= 0.3 is 0 Å². The molecule has 16 heavy (non-hydrogen) atoms. The van der Waals surface area contributed by atoms with Crippen LogP contribution in [0, 0.1) is 5.95 Å². The smallest absolute Gasteiger partial charge is 0.272 e. The van der Waals surface area contributed by atoms with Crippen molar-refractivity contribution >= 4 is 5.91 Å². The van der Waals surface area contributed by atoms with Crippen LogP contribution < -0.4 is 0 Å². The maximum absolute atomic E-state index is 12.8. The van der Waals surface area contributed by atoms with Crippen molar-refractivity contribution in [2.75, 3.05) is 19.7 Å². The number of aliphatic hydroxyl groups is 1. The van der Waals surface area contributed by atoms with E-state index in [9.17, 15) is 9.18 Å². The summed E-state index contributed by atoms with van der Waals surface area (Å²) < 4.78 is 12.8. The lowest BCUT2D eigenvalue weighted by atomic mass is 10.3. The Morgan fingerprint density at radius 2 is 2.31 bits per heavy atom. The number of carbonyl (C=O) groups is 1. The zero-order valence-electron chi connectivity index (χ0n) is 9.19. The SMILES string of the molecule is CCN(CCCO)C(=O)c1cccc(F)n1. The fourth-order valence-corrected chi connectivity index (χ4v) is 1.35. The zero-order valence-corrected chi connectivity index (χ0v) is 9.19. The molecule has 0 aliphatic carbocycles. The van der Waals surface area contributed by atoms with Crippen LogP contribution in [0.1, 0.15) is 23.8 Å². The van der Waals surface area contributed by atoms with E-state index >= 15 is 0 Å². The van der Waals surface area contributed by atoms with Crippen LogP contribution in [0.25, 0.3) is 0 Å². The molecule has 88 valence electrons. The third kappa shape index (κ3) is 3.27. The lowest BCUT2D eigenvalue weighted by Gasteiger charge is -2.19. The maximum Gasteiger partial charge on any atom is 0.272 e. The Morgan fingerprint density at radius 1 is 1.56 bits per heavy atom. The number of pyridine rings is 1. The second-order valence-electron chi connectivity index (χ2n) is 3.31. The van der Waals surface area contributed by atoms with Gasteiger partial charge in [-0.25, -0.2) is 4.98 Å². The van der Waals surface area contributed by atoms with E-state index in [1.54, 1.807) is 0 Å². The van der Waals surface area contributed by atoms with Gasteiger partial charge in [0.15, 0.2) is 0 Å². The number of amides is 1. The first kappa shape index (κ1) is 12.6. The summed E-state index contributed by atoms with van der Waals surface area (Å²) in [5.74, 6) is -0.973. The predicted octanol–water partition coefficient (Wildman–Crippen LogP) is 1.07. The molecule has 1 rings (SSSR count). The number of rotatable bonds is 5. The molecule has 4 nitrogen and oxygen atoms in total. The first-order valence-corrected chi connectivity index (χ1v) is 5.21. The molecule has 0 atom stereocenters. The summed E-state index contributed by atoms with van der Waals surface area (Å²) in [6.07, 6.45) is 0.509. The highest BCUT2D eigenvalue weighted by Crippen LogP contribution is 2.04. The number of nitrogens with zero attached hydrogens (tertiary/aromatic N) is 2. The summed E-state index contributed by atoms with van der Waals surface area (Å²) in [6.45, 7) is 2.82. The number of halogens is 1. The maximum atomic E-state index is 12.8. The topological polar surface area (TPSA) is 53.4 Å². The minimum Gasteiger partial charge on any atom is -0.396 e. The summed E-state index contributed by atoms with van der Waals surface area (Å²) in [5, 5.41) is 8.69. The molecule has 0 radical (unpaired) electrons. The van der Waals surface area contributed by atoms with Crippen molar-refractivity contribution in [3.63, 3.8) is 0 Å². The predicted molar refractivity (Wildman–Crippen MR) is 57.5 cm³/mol. The van der Waals surface area contributed by atoms with Crippen LogP contribution in [0.2, 0.25) is 0 Å². The fourth-order valence-electron chi connectivity index (χ4n) is 1.35. The minimum atomic E-state index is -0.663. The van der Waals surface area contributed by atoms with E-state index in [2.05, 4.69) is 4.98 Å². The van der Waals surface area contributed by atoms with Gasteiger partial charge in [-0.05, 0) is 25.5 Å². The molecular formula is C11H15FN2O2. The molecule has 0 saturated carbocycles. The Bertz CT molecular complexity index is 358. The first-order chi connectivity index (χ1) is 7.69. The summed E-state index contributed by atoms with van der Waals surface area (Å²) in [7, 11) is 0. The molecule has 0 saturated heterocycles. The fraction of sp³-hybridized carbons (Fsp3) is 0.455. The number of hydrogen-bond acceptors (Lipinski definition) is 3. The number of carbonyl (C=O) groups excluding carboxylic acids is 1. The van der Waals surface area contributed by atoms with E-state index in [1.165, 1.54) is 23.1 Å². The highest BCUT2D eigenvalue weighted by molar-refractivity contribution is 5.92. The van der Waals surface area contributed by atoms with Crippen molar-refractivity contribution in [2.45, 2.75) is 13.3 Å². The van der Waals surface area contributed by atoms with Crippen LogP contribution in [0.5, 0.6) is 0 Å². The van der Waals surface area contributed by atoms with Gasteiger partial charge in [0.25, 0.3) is 5.91 Å². The quantitative estimate of drug-likeness (QED) is 0.764. The second-order valence-corrected chi connectivity index (χ2v) is 3.31. The lowest BCUT2D eigenvalue weighted by molar-refractivity contribution is 0.0747. The summed E-state index contributed by atoms with van der Waals surface area (Å²) in [4.78, 5) is 16.9. The molecule has 0 bridgehead atoms. The van der Waals surface area contributed by atoms with Crippen LogP contribution in [0.15, 0.2) is 18.2 Å². The summed E-state index contributed by atoms with van der Waals surface area (Å²) >= 11 is 0. The normalized spacial score (nSPS) is 10.2. The minimum absolute atomic E-state index is 0.0281. The molecule has 0 spiro atoms. The average Bonchev–Trinajstić information content (AvgIpc) is 2.29. The molecular weight excluding hydrogens is 211 g/mol. The van der Waals surface area contributed by atoms with Crippen molar-refractivity contribution in [1.29, 1.82) is 0 Å². The summed E-state index contributed by atoms with van der Waals surface area (Å²) in [5.41, 5.74) is 0.0970. The van der Waals surface area contributed by atoms with E-state index in [1.807, 2.05) is 6.92 Å². The van der Waals surface area contributed by atoms with Crippen molar-refractivity contribution in [1.82, 2.24) is 9.88 Å². The molecule has 1 heterocycles. The number of aliphatic hydroxyl groups excluding tert-OH is 1. The van der Waals surface area contributed by atoms with Gasteiger partial charge < -0.3 is 10.0 Å². The average molecular weight is 226 g/mol. The van der Waals surface area contributed by atoms with Gasteiger partial charge in [-0.3, -0.25) is 4.79 Å². The Morgan fingerprint density at radius 3 is 2.88 bits per heavy atom. The van der Waals surface area contributed by atoms with Gasteiger partial charge in [-0.2, -0.15) is 4.39 Å². The van der Waals surface area contributed by atoms with E-state index < -0.39 is 5.95 Å². The van der Waals surface area contributed by atoms with E-state index in [0.29, 0.717) is 19.5 Å². The highest BCUT2D eigenvalue weighted by atomic mass is 19.1. The third-order valence-corrected chi connectivity index (χ3v) is 2.19. The van der Waals surface area contributed by atoms with Crippen molar-refractivity contribution in [2.24, 2.45) is 0 Å². The standard InChI is InChI=1S/C11H15FN2O2/c1-2-14(7-4-8-15)11(16)9-5-3-6-10(12)13-9/h3,5-6,15H,2,4,7-8H2,1H3. The Balaban J connectivity index is 2.74. The largest absolute Gasteiger partial charge is 0.396 e. The molecule has 0 aliphatic rings. The van der Waals surface area contributed by atoms with Gasteiger partial charge in [-0.1, -0.05) is 6.07 Å². The Hall–Kier alpha value is -1.49. The van der Waals surface area contributed by atoms with Gasteiger partial charge in [-0.15, -0.1) is 0 Å². The molecule has 0 aliphatic heterocycles. The van der Waals surface area contributed by atoms with Crippen LogP contribution >= 0.6 is 0 Å². The Labute approximate surface area is 93.7 Å². The van der Waals surface area contributed by atoms with Crippen LogP contribution in [-0.2, 0) is 0 Å². The van der Waals surface area contributed by atoms with E-state index in [0.717, 1.165) is 0 Å². The van der Waals surface area contributed by atoms with E-state index in [-0.39, 0.29) is 18.2 Å². The molecule has 1 aromatic heterocycles. The first-order valence-electron chi connectivity index (χ1n) is 5.21. The number of hydrogen-bond donors (Lipinski definition) is 1. The van der Waals surface area contributed by atoms with Crippen molar-refractivity contribution in [3.05, 3.63) is 29.8 Å². The molecule has 1 aromatic rings. The zero-order chi connectivity index (χ0) is 12.0. The molecule has 0 unspecified atom stereocenters. The summed E-state index contributed by atoms with van der Waals surface area (Å²) in [6, 6.07) is 4.13. The third-order valence-electron chi connectivity index (χ3n) is 2.19. The van der Waals surface area contributed by atoms with Gasteiger partial charge in [0, 0.05) is 19.7 Å².